The van der Waals surface area contributed by atoms with E-state index in [2.05, 4.69) is 5.32 Å². The summed E-state index contributed by atoms with van der Waals surface area (Å²) in [6.07, 6.45) is 0.771. The van der Waals surface area contributed by atoms with Gasteiger partial charge in [-0.05, 0) is 18.1 Å². The number of nitrogens with one attached hydrogen (secondary N) is 1. The molecule has 0 saturated heterocycles. The third-order valence-electron chi connectivity index (χ3n) is 1.98. The Bertz CT molecular complexity index is 391. The first-order valence-corrected chi connectivity index (χ1v) is 4.95. The minimum atomic E-state index is -0.749. The smallest absolute Gasteiger partial charge is 0.330 e. The van der Waals surface area contributed by atoms with Crippen molar-refractivity contribution in [3.63, 3.8) is 0 Å². The van der Waals surface area contributed by atoms with Crippen molar-refractivity contribution in [2.45, 2.75) is 13.3 Å². The molecule has 0 aromatic heterocycles. The molecule has 1 aromatic rings. The van der Waals surface area contributed by atoms with Gasteiger partial charge in [0.2, 0.25) is 0 Å². The Labute approximate surface area is 93.6 Å². The van der Waals surface area contributed by atoms with Crippen LogP contribution in [0, 0.1) is 0 Å². The molecule has 0 aliphatic carbocycles. The van der Waals surface area contributed by atoms with Crippen molar-refractivity contribution in [1.82, 2.24) is 5.32 Å². The number of hydrogen-bond acceptors (Lipinski definition) is 3. The van der Waals surface area contributed by atoms with Crippen LogP contribution >= 0.6 is 0 Å². The molecule has 0 unspecified atom stereocenters. The summed E-state index contributed by atoms with van der Waals surface area (Å²) in [5, 5.41) is 2.17. The van der Waals surface area contributed by atoms with Crippen molar-refractivity contribution in [1.29, 1.82) is 0 Å². The topological polar surface area (TPSA) is 81.4 Å². The minimum absolute atomic E-state index is 0.229. The van der Waals surface area contributed by atoms with Gasteiger partial charge in [0.05, 0.1) is 0 Å². The first-order valence-electron chi connectivity index (χ1n) is 4.95. The van der Waals surface area contributed by atoms with Gasteiger partial charge >= 0.3 is 12.0 Å². The molecule has 0 heterocycles. The highest BCUT2D eigenvalue weighted by Gasteiger charge is 2.08. The summed E-state index contributed by atoms with van der Waals surface area (Å²) >= 11 is 0. The lowest BCUT2D eigenvalue weighted by Crippen LogP contribution is -2.35. The first kappa shape index (κ1) is 12.0. The van der Waals surface area contributed by atoms with Gasteiger partial charge < -0.3 is 15.8 Å². The highest BCUT2D eigenvalue weighted by Crippen LogP contribution is 2.18. The Morgan fingerprint density at radius 2 is 2.06 bits per heavy atom. The van der Waals surface area contributed by atoms with E-state index in [1.165, 1.54) is 0 Å². The van der Waals surface area contributed by atoms with Crippen LogP contribution < -0.4 is 15.8 Å². The van der Waals surface area contributed by atoms with Crippen LogP contribution in [0.5, 0.6) is 5.75 Å². The summed E-state index contributed by atoms with van der Waals surface area (Å²) in [5.74, 6) is -0.0269. The fourth-order valence-corrected chi connectivity index (χ4v) is 1.21. The molecule has 2 amide bonds. The number of ether oxygens (including phenoxy) is 1. The molecule has 1 aromatic carbocycles. The van der Waals surface area contributed by atoms with Gasteiger partial charge in [-0.25, -0.2) is 9.59 Å². The lowest BCUT2D eigenvalue weighted by atomic mass is 10.1. The number of aryl methyl sites for hydroxylation is 1. The maximum absolute atomic E-state index is 11.3. The third kappa shape index (κ3) is 3.61. The fourth-order valence-electron chi connectivity index (χ4n) is 1.21. The number of carbonyl (C=O) groups is 2. The van der Waals surface area contributed by atoms with E-state index in [1.54, 1.807) is 12.1 Å². The summed E-state index contributed by atoms with van der Waals surface area (Å²) in [6.45, 7) is 1.74. The number of amides is 2. The van der Waals surface area contributed by atoms with E-state index >= 15 is 0 Å². The second-order valence-electron chi connectivity index (χ2n) is 3.15. The van der Waals surface area contributed by atoms with E-state index in [9.17, 15) is 9.59 Å². The quantitative estimate of drug-likeness (QED) is 0.584. The largest absolute Gasteiger partial charge is 0.425 e. The zero-order chi connectivity index (χ0) is 12.0. The highest BCUT2D eigenvalue weighted by molar-refractivity contribution is 5.81. The Hall–Kier alpha value is -2.04. The third-order valence-corrected chi connectivity index (χ3v) is 1.98. The average molecular weight is 222 g/mol. The Morgan fingerprint density at radius 3 is 2.69 bits per heavy atom. The normalized spacial score (nSPS) is 9.56. The molecule has 3 N–H and O–H groups in total. The van der Waals surface area contributed by atoms with Crippen molar-refractivity contribution in [3.8, 4) is 5.75 Å². The predicted octanol–water partition coefficient (Wildman–Crippen LogP) is 0.823. The van der Waals surface area contributed by atoms with Crippen LogP contribution in [0.2, 0.25) is 0 Å². The SMILES string of the molecule is CCc1ccccc1OC(=O)CNC(N)=O. The lowest BCUT2D eigenvalue weighted by molar-refractivity contribution is -0.133. The molecule has 0 aliphatic heterocycles. The van der Waals surface area contributed by atoms with Crippen LogP contribution in [0.1, 0.15) is 12.5 Å². The second-order valence-corrected chi connectivity index (χ2v) is 3.15. The molecule has 0 fully saturated rings. The summed E-state index contributed by atoms with van der Waals surface area (Å²) in [5.41, 5.74) is 5.77. The van der Waals surface area contributed by atoms with E-state index < -0.39 is 12.0 Å². The maximum Gasteiger partial charge on any atom is 0.330 e. The van der Waals surface area contributed by atoms with Crippen molar-refractivity contribution in [3.05, 3.63) is 29.8 Å². The van der Waals surface area contributed by atoms with Crippen LogP contribution in [0.4, 0.5) is 4.79 Å². The van der Waals surface area contributed by atoms with Gasteiger partial charge in [0.15, 0.2) is 0 Å². The molecule has 5 heteroatoms. The zero-order valence-corrected chi connectivity index (χ0v) is 9.03. The van der Waals surface area contributed by atoms with Gasteiger partial charge in [0.25, 0.3) is 0 Å². The second kappa shape index (κ2) is 5.75. The number of carbonyl (C=O) groups excluding carboxylic acids is 2. The molecule has 0 spiro atoms. The van der Waals surface area contributed by atoms with Gasteiger partial charge in [-0.2, -0.15) is 0 Å². The Kier molecular flexibility index (Phi) is 4.32. The van der Waals surface area contributed by atoms with E-state index in [0.29, 0.717) is 5.75 Å². The maximum atomic E-state index is 11.3. The molecular weight excluding hydrogens is 208 g/mol. The van der Waals surface area contributed by atoms with Crippen molar-refractivity contribution in [2.24, 2.45) is 5.73 Å². The summed E-state index contributed by atoms with van der Waals surface area (Å²) in [4.78, 5) is 21.7. The number of rotatable bonds is 4. The number of esters is 1. The van der Waals surface area contributed by atoms with E-state index in [-0.39, 0.29) is 6.54 Å². The van der Waals surface area contributed by atoms with Crippen LogP contribution in [-0.4, -0.2) is 18.5 Å². The summed E-state index contributed by atoms with van der Waals surface area (Å²) < 4.78 is 5.08. The molecule has 86 valence electrons. The number of benzene rings is 1. The minimum Gasteiger partial charge on any atom is -0.425 e. The van der Waals surface area contributed by atoms with Crippen LogP contribution in [0.25, 0.3) is 0 Å². The van der Waals surface area contributed by atoms with Crippen LogP contribution in [-0.2, 0) is 11.2 Å². The molecule has 0 atom stereocenters. The van der Waals surface area contributed by atoms with Gasteiger partial charge in [-0.3, -0.25) is 0 Å². The molecule has 5 nitrogen and oxygen atoms in total. The van der Waals surface area contributed by atoms with E-state index in [4.69, 9.17) is 10.5 Å². The van der Waals surface area contributed by atoms with Crippen molar-refractivity contribution >= 4 is 12.0 Å². The molecular formula is C11H14N2O3. The molecule has 1 rings (SSSR count). The summed E-state index contributed by atoms with van der Waals surface area (Å²) in [7, 11) is 0. The average Bonchev–Trinajstić information content (AvgIpc) is 2.27. The fraction of sp³-hybridized carbons (Fsp3) is 0.273. The molecule has 0 aliphatic rings. The summed E-state index contributed by atoms with van der Waals surface area (Å²) in [6, 6.07) is 6.49. The van der Waals surface area contributed by atoms with Crippen molar-refractivity contribution in [2.75, 3.05) is 6.54 Å². The lowest BCUT2D eigenvalue weighted by Gasteiger charge is -2.08. The number of para-hydroxylation sites is 1. The molecule has 0 bridgehead atoms. The molecule has 0 radical (unpaired) electrons. The standard InChI is InChI=1S/C11H14N2O3/c1-2-8-5-3-4-6-9(8)16-10(14)7-13-11(12)15/h3-6H,2,7H2,1H3,(H3,12,13,15). The molecule has 0 saturated carbocycles. The van der Waals surface area contributed by atoms with Crippen LogP contribution in [0.15, 0.2) is 24.3 Å². The number of primary amides is 1. The Morgan fingerprint density at radius 1 is 1.38 bits per heavy atom. The van der Waals surface area contributed by atoms with Crippen LogP contribution in [0.3, 0.4) is 0 Å². The molecule has 16 heavy (non-hydrogen) atoms. The van der Waals surface area contributed by atoms with Gasteiger partial charge in [0, 0.05) is 0 Å². The van der Waals surface area contributed by atoms with Gasteiger partial charge in [-0.15, -0.1) is 0 Å². The Balaban J connectivity index is 2.58. The predicted molar refractivity (Wildman–Crippen MR) is 59.0 cm³/mol. The van der Waals surface area contributed by atoms with E-state index in [1.807, 2.05) is 19.1 Å². The number of hydrogen-bond donors (Lipinski definition) is 2. The monoisotopic (exact) mass is 222 g/mol. The van der Waals surface area contributed by atoms with Gasteiger partial charge in [-0.1, -0.05) is 25.1 Å². The highest BCUT2D eigenvalue weighted by atomic mass is 16.5. The zero-order valence-electron chi connectivity index (χ0n) is 9.03. The number of urea groups is 1. The van der Waals surface area contributed by atoms with E-state index in [0.717, 1.165) is 12.0 Å². The van der Waals surface area contributed by atoms with Gasteiger partial charge in [0.1, 0.15) is 12.3 Å². The number of nitrogens with two attached hydrogens (primary N) is 1. The first-order chi connectivity index (χ1) is 7.63. The van der Waals surface area contributed by atoms with Crippen molar-refractivity contribution < 1.29 is 14.3 Å².